The van der Waals surface area contributed by atoms with Crippen molar-refractivity contribution in [2.24, 2.45) is 16.6 Å². The van der Waals surface area contributed by atoms with Crippen molar-refractivity contribution < 1.29 is 9.94 Å². The summed E-state index contributed by atoms with van der Waals surface area (Å²) in [5, 5.41) is 8.58. The maximum atomic E-state index is 8.58. The Kier molecular flexibility index (Phi) is 19.3. The van der Waals surface area contributed by atoms with Crippen LogP contribution in [0, 0.1) is 17.8 Å². The van der Waals surface area contributed by atoms with Crippen LogP contribution in [0.5, 0.6) is 0 Å². The number of aryl methyl sites for hydroxylation is 1. The first-order chi connectivity index (χ1) is 23.2. The van der Waals surface area contributed by atoms with Gasteiger partial charge in [-0.1, -0.05) is 154 Å². The third-order valence-corrected chi connectivity index (χ3v) is 10.3. The molecule has 0 radical (unpaired) electrons. The predicted molar refractivity (Wildman–Crippen MR) is 221 cm³/mol. The van der Waals surface area contributed by atoms with Gasteiger partial charge in [-0.05, 0) is 77.5 Å². The number of benzene rings is 3. The Hall–Kier alpha value is -2.41. The summed E-state index contributed by atoms with van der Waals surface area (Å²) in [6, 6.07) is 29.4. The van der Waals surface area contributed by atoms with Crippen molar-refractivity contribution in [3.8, 4) is 0 Å². The van der Waals surface area contributed by atoms with Crippen LogP contribution in [0.3, 0.4) is 0 Å². The van der Waals surface area contributed by atoms with E-state index in [1.807, 2.05) is 6.92 Å². The molecule has 3 unspecified atom stereocenters. The molecule has 0 saturated heterocycles. The minimum absolute atomic E-state index is 0.0466. The lowest BCUT2D eigenvalue weighted by Gasteiger charge is -2.40. The van der Waals surface area contributed by atoms with Crippen LogP contribution in [0.1, 0.15) is 129 Å². The van der Waals surface area contributed by atoms with E-state index in [9.17, 15) is 0 Å². The minimum Gasteiger partial charge on any atom is -0.376 e. The second-order valence-corrected chi connectivity index (χ2v) is 19.1. The monoisotopic (exact) mass is 705 g/mol. The normalized spacial score (nSPS) is 14.0. The van der Waals surface area contributed by atoms with Crippen LogP contribution < -0.4 is 11.2 Å². The number of ether oxygens (including phenoxy) is 1. The number of hydroxylamine groups is 1. The molecule has 4 nitrogen and oxygen atoms in total. The first kappa shape index (κ1) is 45.6. The molecule has 280 valence electrons. The number of hydrogen-bond donors (Lipinski definition) is 3. The number of nitrogens with one attached hydrogen (secondary N) is 1. The molecule has 3 atom stereocenters. The van der Waals surface area contributed by atoms with Crippen LogP contribution in [0.15, 0.2) is 92.0 Å². The number of thioether (sulfide) groups is 1. The number of rotatable bonds is 15. The molecule has 0 bridgehead atoms. The molecule has 3 aromatic rings. The van der Waals surface area contributed by atoms with Crippen molar-refractivity contribution in [2.45, 2.75) is 143 Å². The third-order valence-electron chi connectivity index (χ3n) is 8.78. The minimum atomic E-state index is 0.0466. The van der Waals surface area contributed by atoms with E-state index in [2.05, 4.69) is 185 Å². The standard InChI is InChI=1S/C34H46OS.C9H22N2O.C2H4/c1-26-14-18-29(19-15-26)31(34(7,8)36-24-28-12-10-9-11-13-28)22-33(5,6)30-20-16-27(17-21-30)23-35-25-32(2,3)4;1-7(11-12)5-8(10)6-9(2,3)4;1-2/h9-21,31H,22-25H2,1-8H3;7-8,11-12H,5-6,10H2,1-4H3;1-2H2. The van der Waals surface area contributed by atoms with Crippen molar-refractivity contribution in [3.63, 3.8) is 0 Å². The number of nitrogens with two attached hydrogens (primary N) is 1. The Bertz CT molecular complexity index is 1320. The van der Waals surface area contributed by atoms with Crippen LogP contribution in [0.2, 0.25) is 0 Å². The number of hydrogen-bond acceptors (Lipinski definition) is 5. The largest absolute Gasteiger partial charge is 0.376 e. The third kappa shape index (κ3) is 18.2. The lowest BCUT2D eigenvalue weighted by atomic mass is 9.71. The molecule has 0 aliphatic rings. The van der Waals surface area contributed by atoms with E-state index in [4.69, 9.17) is 15.7 Å². The van der Waals surface area contributed by atoms with Gasteiger partial charge in [0.15, 0.2) is 0 Å². The van der Waals surface area contributed by atoms with Crippen LogP contribution in [-0.4, -0.2) is 28.6 Å². The van der Waals surface area contributed by atoms with Gasteiger partial charge in [0.1, 0.15) is 0 Å². The van der Waals surface area contributed by atoms with Gasteiger partial charge in [0.2, 0.25) is 0 Å². The van der Waals surface area contributed by atoms with Crippen LogP contribution in [0.4, 0.5) is 0 Å². The van der Waals surface area contributed by atoms with Crippen molar-refractivity contribution in [1.29, 1.82) is 0 Å². The van der Waals surface area contributed by atoms with Crippen LogP contribution in [-0.2, 0) is 22.5 Å². The molecule has 0 fully saturated rings. The van der Waals surface area contributed by atoms with Gasteiger partial charge in [-0.3, -0.25) is 0 Å². The van der Waals surface area contributed by atoms with Crippen molar-refractivity contribution in [2.75, 3.05) is 6.61 Å². The van der Waals surface area contributed by atoms with E-state index >= 15 is 0 Å². The Balaban J connectivity index is 0.000000756. The summed E-state index contributed by atoms with van der Waals surface area (Å²) in [6.45, 7) is 34.3. The smallest absolute Gasteiger partial charge is 0.0717 e. The van der Waals surface area contributed by atoms with Gasteiger partial charge in [-0.2, -0.15) is 11.8 Å². The summed E-state index contributed by atoms with van der Waals surface area (Å²) in [6.07, 6.45) is 2.89. The molecule has 0 aromatic heterocycles. The second-order valence-electron chi connectivity index (χ2n) is 17.5. The van der Waals surface area contributed by atoms with Gasteiger partial charge in [-0.15, -0.1) is 13.2 Å². The van der Waals surface area contributed by atoms with Gasteiger partial charge >= 0.3 is 0 Å². The molecule has 0 aliphatic heterocycles. The lowest BCUT2D eigenvalue weighted by molar-refractivity contribution is 0.0599. The molecule has 0 heterocycles. The maximum Gasteiger partial charge on any atom is 0.0717 e. The zero-order chi connectivity index (χ0) is 38.2. The van der Waals surface area contributed by atoms with E-state index in [1.165, 1.54) is 27.8 Å². The molecule has 4 N–H and O–H groups in total. The van der Waals surface area contributed by atoms with E-state index in [-0.39, 0.29) is 33.1 Å². The molecule has 3 aromatic carbocycles. The molecule has 50 heavy (non-hydrogen) atoms. The van der Waals surface area contributed by atoms with E-state index in [0.29, 0.717) is 12.5 Å². The highest BCUT2D eigenvalue weighted by atomic mass is 32.2. The predicted octanol–water partition coefficient (Wildman–Crippen LogP) is 12.0. The lowest BCUT2D eigenvalue weighted by Crippen LogP contribution is -2.34. The topological polar surface area (TPSA) is 67.5 Å². The molecular formula is C45H72N2O2S. The summed E-state index contributed by atoms with van der Waals surface area (Å²) in [7, 11) is 0. The van der Waals surface area contributed by atoms with E-state index < -0.39 is 0 Å². The van der Waals surface area contributed by atoms with Crippen LogP contribution >= 0.6 is 11.8 Å². The quantitative estimate of drug-likeness (QED) is 0.109. The molecule has 0 aliphatic carbocycles. The fourth-order valence-electron chi connectivity index (χ4n) is 6.04. The Labute approximate surface area is 312 Å². The molecule has 0 saturated carbocycles. The van der Waals surface area contributed by atoms with E-state index in [1.54, 1.807) is 0 Å². The van der Waals surface area contributed by atoms with Gasteiger partial charge < -0.3 is 15.7 Å². The average molecular weight is 705 g/mol. The van der Waals surface area contributed by atoms with E-state index in [0.717, 1.165) is 31.6 Å². The maximum absolute atomic E-state index is 8.58. The molecule has 5 heteroatoms. The molecule has 0 amide bonds. The molecular weight excluding hydrogens is 633 g/mol. The van der Waals surface area contributed by atoms with Crippen LogP contribution in [0.25, 0.3) is 0 Å². The summed E-state index contributed by atoms with van der Waals surface area (Å²) in [5.74, 6) is 1.46. The highest BCUT2D eigenvalue weighted by Gasteiger charge is 2.36. The summed E-state index contributed by atoms with van der Waals surface area (Å²) < 4.78 is 6.03. The Morgan fingerprint density at radius 2 is 1.32 bits per heavy atom. The highest BCUT2D eigenvalue weighted by Crippen LogP contribution is 2.47. The van der Waals surface area contributed by atoms with Crippen molar-refractivity contribution in [1.82, 2.24) is 5.48 Å². The van der Waals surface area contributed by atoms with Crippen molar-refractivity contribution >= 4 is 11.8 Å². The fourth-order valence-corrected chi connectivity index (χ4v) is 7.19. The van der Waals surface area contributed by atoms with Gasteiger partial charge in [-0.25, -0.2) is 5.48 Å². The summed E-state index contributed by atoms with van der Waals surface area (Å²) in [4.78, 5) is 0. The van der Waals surface area contributed by atoms with Crippen molar-refractivity contribution in [3.05, 3.63) is 120 Å². The average Bonchev–Trinajstić information content (AvgIpc) is 3.03. The Morgan fingerprint density at radius 1 is 0.760 bits per heavy atom. The van der Waals surface area contributed by atoms with Gasteiger partial charge in [0.25, 0.3) is 0 Å². The SMILES string of the molecule is C=C.CC(CC(N)CC(C)(C)C)NO.Cc1ccc(C(CC(C)(C)c2ccc(COCC(C)(C)C)cc2)C(C)(C)SCc2ccccc2)cc1. The second kappa shape index (κ2) is 21.2. The highest BCUT2D eigenvalue weighted by molar-refractivity contribution is 7.99. The Morgan fingerprint density at radius 3 is 1.82 bits per heavy atom. The fraction of sp³-hybridized carbons (Fsp3) is 0.556. The molecule has 0 spiro atoms. The van der Waals surface area contributed by atoms with Gasteiger partial charge in [0, 0.05) is 22.6 Å². The first-order valence-electron chi connectivity index (χ1n) is 18.3. The molecule has 3 rings (SSSR count). The zero-order valence-electron chi connectivity index (χ0n) is 33.7. The zero-order valence-corrected chi connectivity index (χ0v) is 34.6. The summed E-state index contributed by atoms with van der Waals surface area (Å²) in [5.41, 5.74) is 15.4. The van der Waals surface area contributed by atoms with Gasteiger partial charge in [0.05, 0.1) is 13.2 Å². The summed E-state index contributed by atoms with van der Waals surface area (Å²) >= 11 is 2.07. The first-order valence-corrected chi connectivity index (χ1v) is 19.3.